The Hall–Kier alpha value is -9.34. The van der Waals surface area contributed by atoms with Gasteiger partial charge in [0.1, 0.15) is 46.0 Å². The second kappa shape index (κ2) is 16.8. The molecule has 0 amide bonds. The van der Waals surface area contributed by atoms with E-state index in [0.29, 0.717) is 11.5 Å². The van der Waals surface area contributed by atoms with Crippen LogP contribution in [0.4, 0.5) is 34.1 Å². The van der Waals surface area contributed by atoms with Gasteiger partial charge in [0.15, 0.2) is 23.0 Å². The van der Waals surface area contributed by atoms with Crippen molar-refractivity contribution in [2.24, 2.45) is 0 Å². The van der Waals surface area contributed by atoms with E-state index in [-0.39, 0.29) is 6.71 Å². The van der Waals surface area contributed by atoms with Crippen LogP contribution < -0.4 is 54.6 Å². The van der Waals surface area contributed by atoms with Gasteiger partial charge >= 0.3 is 0 Å². The Morgan fingerprint density at radius 3 is 1.00 bits per heavy atom. The third-order valence-electron chi connectivity index (χ3n) is 12.5. The first-order valence-corrected chi connectivity index (χ1v) is 22.8. The minimum absolute atomic E-state index is 0.0632. The van der Waals surface area contributed by atoms with Crippen molar-refractivity contribution in [3.8, 4) is 69.0 Å². The molecule has 4 aliphatic rings. The van der Waals surface area contributed by atoms with Crippen molar-refractivity contribution in [1.82, 2.24) is 0 Å². The third-order valence-corrected chi connectivity index (χ3v) is 12.5. The maximum atomic E-state index is 6.51. The molecular formula is C60H39BN2O6. The molecule has 0 N–H and O–H groups in total. The van der Waals surface area contributed by atoms with Gasteiger partial charge in [-0.1, -0.05) is 121 Å². The molecule has 0 bridgehead atoms. The van der Waals surface area contributed by atoms with Crippen LogP contribution in [0.25, 0.3) is 0 Å². The van der Waals surface area contributed by atoms with E-state index in [2.05, 4.69) is 58.3 Å². The van der Waals surface area contributed by atoms with Crippen LogP contribution in [0, 0.1) is 0 Å². The summed E-state index contributed by atoms with van der Waals surface area (Å²) in [5.74, 6) is 9.48. The van der Waals surface area contributed by atoms with E-state index in [1.54, 1.807) is 0 Å². The summed E-state index contributed by atoms with van der Waals surface area (Å²) in [7, 11) is 0. The van der Waals surface area contributed by atoms with Crippen molar-refractivity contribution < 1.29 is 28.4 Å². The van der Waals surface area contributed by atoms with Crippen molar-refractivity contribution in [2.45, 2.75) is 0 Å². The Kier molecular flexibility index (Phi) is 9.75. The van der Waals surface area contributed by atoms with Gasteiger partial charge in [-0.15, -0.1) is 0 Å². The summed E-state index contributed by atoms with van der Waals surface area (Å²) in [5.41, 5.74) is 9.10. The molecule has 10 aromatic rings. The minimum atomic E-state index is 0.0632. The predicted octanol–water partition coefficient (Wildman–Crippen LogP) is 14.8. The van der Waals surface area contributed by atoms with Crippen molar-refractivity contribution in [2.75, 3.05) is 9.80 Å². The molecule has 69 heavy (non-hydrogen) atoms. The summed E-state index contributed by atoms with van der Waals surface area (Å²) >= 11 is 0. The summed E-state index contributed by atoms with van der Waals surface area (Å²) in [4.78, 5) is 4.39. The third kappa shape index (κ3) is 7.30. The summed E-state index contributed by atoms with van der Waals surface area (Å²) in [6, 6.07) is 78.4. The van der Waals surface area contributed by atoms with Gasteiger partial charge in [-0.3, -0.25) is 0 Å². The molecule has 0 saturated carbocycles. The summed E-state index contributed by atoms with van der Waals surface area (Å²) in [5, 5.41) is 0. The second-order valence-corrected chi connectivity index (χ2v) is 16.8. The fourth-order valence-electron chi connectivity index (χ4n) is 9.53. The Bertz CT molecular complexity index is 3350. The molecular weight excluding hydrogens is 855 g/mol. The van der Waals surface area contributed by atoms with Gasteiger partial charge in [-0.25, -0.2) is 0 Å². The van der Waals surface area contributed by atoms with Crippen LogP contribution in [0.1, 0.15) is 0 Å². The fourth-order valence-corrected chi connectivity index (χ4v) is 9.53. The van der Waals surface area contributed by atoms with Crippen LogP contribution >= 0.6 is 0 Å². The number of nitrogens with zero attached hydrogens (tertiary/aromatic N) is 2. The van der Waals surface area contributed by atoms with Gasteiger partial charge in [0, 0.05) is 35.8 Å². The standard InChI is InChI=1S/C30H18BNO3.C30H21NO3/c1-5-13-24-20(9-1)31-21-10-2-6-14-25(21)34-29-18-19(17-28(33-24)30(29)31)32-22-11-3-7-15-26(22)35-27-16-8-4-12-23(27)32;1-3-11-23(12-4-1)32-25-19-22(20-26(21-25)33-24-13-5-2-6-14-24)31-27-15-7-9-17-29(27)34-30-18-10-8-16-28(30)31/h1-18H;1-21H. The number of para-hydroxylation sites is 12. The minimum Gasteiger partial charge on any atom is -0.458 e. The maximum absolute atomic E-state index is 6.51. The van der Waals surface area contributed by atoms with E-state index in [1.807, 2.05) is 188 Å². The smallest absolute Gasteiger partial charge is 0.260 e. The average molecular weight is 895 g/mol. The van der Waals surface area contributed by atoms with Gasteiger partial charge in [0.2, 0.25) is 0 Å². The molecule has 0 aromatic heterocycles. The highest BCUT2D eigenvalue weighted by Crippen LogP contribution is 2.53. The Morgan fingerprint density at radius 1 is 0.275 bits per heavy atom. The molecule has 0 atom stereocenters. The van der Waals surface area contributed by atoms with Gasteiger partial charge in [-0.2, -0.15) is 0 Å². The van der Waals surface area contributed by atoms with E-state index in [1.165, 1.54) is 0 Å². The zero-order valence-corrected chi connectivity index (χ0v) is 36.9. The van der Waals surface area contributed by atoms with Gasteiger partial charge in [-0.05, 0) is 95.9 Å². The predicted molar refractivity (Wildman–Crippen MR) is 273 cm³/mol. The first-order chi connectivity index (χ1) is 34.2. The highest BCUT2D eigenvalue weighted by molar-refractivity contribution is 6.98. The molecule has 0 aliphatic carbocycles. The molecule has 0 radical (unpaired) electrons. The number of hydrogen-bond donors (Lipinski definition) is 0. The molecule has 10 aromatic carbocycles. The van der Waals surface area contributed by atoms with E-state index in [9.17, 15) is 0 Å². The van der Waals surface area contributed by atoms with Crippen molar-refractivity contribution in [3.63, 3.8) is 0 Å². The molecule has 0 saturated heterocycles. The molecule has 0 unspecified atom stereocenters. The molecule has 8 nitrogen and oxygen atoms in total. The van der Waals surface area contributed by atoms with E-state index < -0.39 is 0 Å². The lowest BCUT2D eigenvalue weighted by Crippen LogP contribution is -2.57. The van der Waals surface area contributed by atoms with Crippen LogP contribution in [-0.4, -0.2) is 6.71 Å². The fraction of sp³-hybridized carbons (Fsp3) is 0. The highest BCUT2D eigenvalue weighted by atomic mass is 16.5. The van der Waals surface area contributed by atoms with Crippen LogP contribution in [-0.2, 0) is 0 Å². The van der Waals surface area contributed by atoms with Gasteiger partial charge in [0.05, 0.1) is 34.1 Å². The average Bonchev–Trinajstić information content (AvgIpc) is 3.40. The number of anilines is 6. The first kappa shape index (κ1) is 40.0. The molecule has 4 heterocycles. The number of fused-ring (bicyclic) bond motifs is 8. The van der Waals surface area contributed by atoms with E-state index in [4.69, 9.17) is 28.4 Å². The lowest BCUT2D eigenvalue weighted by Gasteiger charge is -2.36. The normalized spacial score (nSPS) is 12.7. The van der Waals surface area contributed by atoms with E-state index >= 15 is 0 Å². The Morgan fingerprint density at radius 2 is 0.594 bits per heavy atom. The summed E-state index contributed by atoms with van der Waals surface area (Å²) in [6.07, 6.45) is 0. The lowest BCUT2D eigenvalue weighted by atomic mass is 9.35. The molecule has 0 spiro atoms. The summed E-state index contributed by atoms with van der Waals surface area (Å²) in [6.45, 7) is 0.0632. The summed E-state index contributed by atoms with van der Waals surface area (Å²) < 4.78 is 37.9. The number of rotatable bonds is 6. The van der Waals surface area contributed by atoms with E-state index in [0.717, 1.165) is 108 Å². The molecule has 14 rings (SSSR count). The zero-order valence-electron chi connectivity index (χ0n) is 36.9. The second-order valence-electron chi connectivity index (χ2n) is 16.8. The number of benzene rings is 10. The molecule has 0 fully saturated rings. The lowest BCUT2D eigenvalue weighted by molar-refractivity contribution is 0.460. The largest absolute Gasteiger partial charge is 0.458 e. The van der Waals surface area contributed by atoms with Gasteiger partial charge in [0.25, 0.3) is 6.71 Å². The molecule has 9 heteroatoms. The Balaban J connectivity index is 0.000000136. The van der Waals surface area contributed by atoms with Crippen molar-refractivity contribution in [1.29, 1.82) is 0 Å². The molecule has 328 valence electrons. The quantitative estimate of drug-likeness (QED) is 0.153. The first-order valence-electron chi connectivity index (χ1n) is 22.8. The SMILES string of the molecule is c1ccc(Oc2cc(Oc3ccccc3)cc(N3c4ccccc4Oc4ccccc43)c2)cc1.c1ccc2c(c1)Oc1cc(N3c4ccccc4Oc4ccccc43)cc3c1B2c1ccccc1O3. The maximum Gasteiger partial charge on any atom is 0.260 e. The highest BCUT2D eigenvalue weighted by Gasteiger charge is 2.41. The Labute approximate surface area is 399 Å². The van der Waals surface area contributed by atoms with Crippen LogP contribution in [0.15, 0.2) is 237 Å². The number of ether oxygens (including phenoxy) is 6. The van der Waals surface area contributed by atoms with Crippen LogP contribution in [0.3, 0.4) is 0 Å². The van der Waals surface area contributed by atoms with Gasteiger partial charge < -0.3 is 38.2 Å². The van der Waals surface area contributed by atoms with Crippen LogP contribution in [0.2, 0.25) is 0 Å². The van der Waals surface area contributed by atoms with Crippen molar-refractivity contribution >= 4 is 57.2 Å². The number of hydrogen-bond acceptors (Lipinski definition) is 8. The monoisotopic (exact) mass is 894 g/mol. The zero-order chi connectivity index (χ0) is 45.7. The van der Waals surface area contributed by atoms with Crippen LogP contribution in [0.5, 0.6) is 69.0 Å². The molecule has 4 aliphatic heterocycles. The topological polar surface area (TPSA) is 61.9 Å². The van der Waals surface area contributed by atoms with Crippen molar-refractivity contribution in [3.05, 3.63) is 237 Å².